The van der Waals surface area contributed by atoms with Crippen LogP contribution in [0.3, 0.4) is 0 Å². The number of nitrogens with two attached hydrogens (primary N) is 1. The number of benzene rings is 1. The van der Waals surface area contributed by atoms with Crippen molar-refractivity contribution in [3.8, 4) is 0 Å². The van der Waals surface area contributed by atoms with Crippen LogP contribution in [0.25, 0.3) is 0 Å². The van der Waals surface area contributed by atoms with Crippen molar-refractivity contribution < 1.29 is 9.84 Å². The van der Waals surface area contributed by atoms with Crippen molar-refractivity contribution in [2.75, 3.05) is 12.3 Å². The van der Waals surface area contributed by atoms with Gasteiger partial charge in [-0.3, -0.25) is 4.57 Å². The summed E-state index contributed by atoms with van der Waals surface area (Å²) in [6.45, 7) is 2.79. The Bertz CT molecular complexity index is 748. The summed E-state index contributed by atoms with van der Waals surface area (Å²) in [6, 6.07) is 11.5. The quantitative estimate of drug-likeness (QED) is 0.857. The highest BCUT2D eigenvalue weighted by Crippen LogP contribution is 2.47. The first kappa shape index (κ1) is 17.0. The average molecular weight is 347 g/mol. The van der Waals surface area contributed by atoms with Crippen LogP contribution in [0.15, 0.2) is 47.4 Å². The standard InChI is InChI=1S/C17H21N3O3S/c1-17(22)9-13(11-23-10-12-5-3-2-4-6-12)24-15(17)20-8-7-14(18)19-16(20)21/h2-8,13,15,22H,9-11H2,1H3,(H2,18,19,21). The van der Waals surface area contributed by atoms with Gasteiger partial charge >= 0.3 is 5.69 Å². The highest BCUT2D eigenvalue weighted by atomic mass is 32.2. The Morgan fingerprint density at radius 3 is 2.88 bits per heavy atom. The summed E-state index contributed by atoms with van der Waals surface area (Å²) in [4.78, 5) is 15.8. The van der Waals surface area contributed by atoms with Gasteiger partial charge in [0, 0.05) is 11.4 Å². The maximum atomic E-state index is 12.0. The van der Waals surface area contributed by atoms with Crippen molar-refractivity contribution in [2.24, 2.45) is 0 Å². The highest BCUT2D eigenvalue weighted by Gasteiger charge is 2.44. The summed E-state index contributed by atoms with van der Waals surface area (Å²) in [5, 5.41) is 10.4. The summed E-state index contributed by atoms with van der Waals surface area (Å²) in [5.41, 5.74) is 5.19. The number of nitrogen functional groups attached to an aromatic ring is 1. The molecule has 0 amide bonds. The molecule has 0 bridgehead atoms. The second-order valence-electron chi connectivity index (χ2n) is 6.21. The minimum atomic E-state index is -1.01. The molecule has 3 N–H and O–H groups in total. The SMILES string of the molecule is CC1(O)CC(COCc2ccccc2)SC1n1ccc(N)nc1=O. The van der Waals surface area contributed by atoms with Gasteiger partial charge in [-0.05, 0) is 25.0 Å². The molecule has 7 heteroatoms. The third-order valence-electron chi connectivity index (χ3n) is 4.01. The molecule has 3 unspecified atom stereocenters. The Hall–Kier alpha value is -1.83. The topological polar surface area (TPSA) is 90.4 Å². The van der Waals surface area contributed by atoms with Gasteiger partial charge in [0.15, 0.2) is 0 Å². The monoisotopic (exact) mass is 347 g/mol. The fraction of sp³-hybridized carbons (Fsp3) is 0.412. The lowest BCUT2D eigenvalue weighted by Crippen LogP contribution is -2.36. The van der Waals surface area contributed by atoms with Gasteiger partial charge in [-0.2, -0.15) is 4.98 Å². The maximum Gasteiger partial charge on any atom is 0.350 e. The largest absolute Gasteiger partial charge is 0.387 e. The van der Waals surface area contributed by atoms with Gasteiger partial charge < -0.3 is 15.6 Å². The van der Waals surface area contributed by atoms with Gasteiger partial charge in [0.05, 0.1) is 18.8 Å². The van der Waals surface area contributed by atoms with E-state index in [-0.39, 0.29) is 11.1 Å². The lowest BCUT2D eigenvalue weighted by Gasteiger charge is -2.25. The van der Waals surface area contributed by atoms with Crippen LogP contribution in [0.4, 0.5) is 5.82 Å². The van der Waals surface area contributed by atoms with E-state index >= 15 is 0 Å². The van der Waals surface area contributed by atoms with Crippen LogP contribution < -0.4 is 11.4 Å². The molecule has 3 rings (SSSR count). The number of anilines is 1. The molecule has 2 aromatic rings. The summed E-state index contributed by atoms with van der Waals surface area (Å²) >= 11 is 1.53. The van der Waals surface area contributed by atoms with Crippen molar-refractivity contribution in [1.29, 1.82) is 0 Å². The third-order valence-corrected chi connectivity index (χ3v) is 5.69. The molecule has 2 heterocycles. The number of thioether (sulfide) groups is 1. The number of nitrogens with zero attached hydrogens (tertiary/aromatic N) is 2. The van der Waals surface area contributed by atoms with Crippen LogP contribution in [0, 0.1) is 0 Å². The van der Waals surface area contributed by atoms with Crippen molar-refractivity contribution in [3.05, 3.63) is 58.6 Å². The Balaban J connectivity index is 1.63. The van der Waals surface area contributed by atoms with Gasteiger partial charge in [0.1, 0.15) is 11.2 Å². The van der Waals surface area contributed by atoms with E-state index in [1.54, 1.807) is 19.2 Å². The number of rotatable bonds is 5. The Morgan fingerprint density at radius 2 is 2.17 bits per heavy atom. The van der Waals surface area contributed by atoms with Gasteiger partial charge in [-0.1, -0.05) is 30.3 Å². The van der Waals surface area contributed by atoms with Gasteiger partial charge in [-0.15, -0.1) is 11.8 Å². The molecule has 0 spiro atoms. The zero-order valence-electron chi connectivity index (χ0n) is 13.5. The molecule has 1 aromatic heterocycles. The number of aromatic nitrogens is 2. The number of hydrogen-bond acceptors (Lipinski definition) is 6. The Morgan fingerprint density at radius 1 is 1.42 bits per heavy atom. The van der Waals surface area contributed by atoms with Gasteiger partial charge in [0.2, 0.25) is 0 Å². The maximum absolute atomic E-state index is 12.0. The fourth-order valence-corrected chi connectivity index (χ4v) is 4.54. The molecular formula is C17H21N3O3S. The van der Waals surface area contributed by atoms with Crippen molar-refractivity contribution >= 4 is 17.6 Å². The first-order valence-corrected chi connectivity index (χ1v) is 8.74. The second kappa shape index (κ2) is 6.96. The molecular weight excluding hydrogens is 326 g/mol. The van der Waals surface area contributed by atoms with Crippen LogP contribution in [0.5, 0.6) is 0 Å². The summed E-state index contributed by atoms with van der Waals surface area (Å²) in [5.74, 6) is 0.182. The van der Waals surface area contributed by atoms with Crippen molar-refractivity contribution in [3.63, 3.8) is 0 Å². The first-order valence-electron chi connectivity index (χ1n) is 7.80. The number of aliphatic hydroxyl groups is 1. The van der Waals surface area contributed by atoms with Crippen LogP contribution >= 0.6 is 11.8 Å². The predicted octanol–water partition coefficient (Wildman–Crippen LogP) is 1.80. The molecule has 1 aliphatic heterocycles. The first-order chi connectivity index (χ1) is 11.5. The minimum absolute atomic E-state index is 0.109. The van der Waals surface area contributed by atoms with Crippen molar-refractivity contribution in [2.45, 2.75) is 36.2 Å². The Kier molecular flexibility index (Phi) is 4.93. The van der Waals surface area contributed by atoms with E-state index in [2.05, 4.69) is 4.98 Å². The number of hydrogen-bond donors (Lipinski definition) is 2. The molecule has 6 nitrogen and oxygen atoms in total. The smallest absolute Gasteiger partial charge is 0.350 e. The average Bonchev–Trinajstić information content (AvgIpc) is 2.83. The van der Waals surface area contributed by atoms with E-state index in [1.807, 2.05) is 30.3 Å². The highest BCUT2D eigenvalue weighted by molar-refractivity contribution is 8.00. The molecule has 0 saturated carbocycles. The fourth-order valence-electron chi connectivity index (χ4n) is 2.89. The summed E-state index contributed by atoms with van der Waals surface area (Å²) in [7, 11) is 0. The Labute approximate surface area is 144 Å². The molecule has 1 saturated heterocycles. The zero-order chi connectivity index (χ0) is 17.2. The van der Waals surface area contributed by atoms with E-state index < -0.39 is 16.7 Å². The van der Waals surface area contributed by atoms with E-state index in [0.29, 0.717) is 19.6 Å². The van der Waals surface area contributed by atoms with E-state index in [9.17, 15) is 9.90 Å². The third kappa shape index (κ3) is 3.80. The predicted molar refractivity (Wildman–Crippen MR) is 94.7 cm³/mol. The molecule has 24 heavy (non-hydrogen) atoms. The van der Waals surface area contributed by atoms with Crippen LogP contribution in [0.1, 0.15) is 24.3 Å². The summed E-state index contributed by atoms with van der Waals surface area (Å²) in [6.07, 6.45) is 2.14. The van der Waals surface area contributed by atoms with E-state index in [1.165, 1.54) is 16.3 Å². The second-order valence-corrected chi connectivity index (χ2v) is 7.60. The van der Waals surface area contributed by atoms with Gasteiger partial charge in [-0.25, -0.2) is 4.79 Å². The zero-order valence-corrected chi connectivity index (χ0v) is 14.3. The molecule has 1 aromatic carbocycles. The molecule has 0 aliphatic carbocycles. The van der Waals surface area contributed by atoms with Crippen LogP contribution in [-0.4, -0.2) is 32.1 Å². The van der Waals surface area contributed by atoms with E-state index in [4.69, 9.17) is 10.5 Å². The molecule has 1 aliphatic rings. The lowest BCUT2D eigenvalue weighted by molar-refractivity contribution is 0.0291. The molecule has 128 valence electrons. The molecule has 1 fully saturated rings. The van der Waals surface area contributed by atoms with Crippen LogP contribution in [-0.2, 0) is 11.3 Å². The van der Waals surface area contributed by atoms with Crippen molar-refractivity contribution in [1.82, 2.24) is 9.55 Å². The summed E-state index contributed by atoms with van der Waals surface area (Å²) < 4.78 is 7.22. The van der Waals surface area contributed by atoms with E-state index in [0.717, 1.165) is 5.56 Å². The minimum Gasteiger partial charge on any atom is -0.387 e. The molecule has 3 atom stereocenters. The van der Waals surface area contributed by atoms with Crippen LogP contribution in [0.2, 0.25) is 0 Å². The lowest BCUT2D eigenvalue weighted by atomic mass is 10.0. The number of ether oxygens (including phenoxy) is 1. The normalized spacial score (nSPS) is 26.6. The molecule has 0 radical (unpaired) electrons. The van der Waals surface area contributed by atoms with Gasteiger partial charge in [0.25, 0.3) is 0 Å².